The summed E-state index contributed by atoms with van der Waals surface area (Å²) in [6.45, 7) is 2.30. The van der Waals surface area contributed by atoms with E-state index in [4.69, 9.17) is 0 Å². The third kappa shape index (κ3) is 1.64. The summed E-state index contributed by atoms with van der Waals surface area (Å²) < 4.78 is 0. The molecule has 1 aliphatic rings. The highest BCUT2D eigenvalue weighted by molar-refractivity contribution is 5.83. The largest absolute Gasteiger partial charge is 0.316 e. The lowest BCUT2D eigenvalue weighted by atomic mass is 9.96. The SMILES string of the molecule is c1ccc2cc([C@@H]3CCNC3)ccc2c1. The van der Waals surface area contributed by atoms with Crippen LogP contribution in [-0.4, -0.2) is 13.1 Å². The fourth-order valence-corrected chi connectivity index (χ4v) is 2.40. The molecule has 1 heterocycles. The van der Waals surface area contributed by atoms with Crippen molar-refractivity contribution in [2.75, 3.05) is 13.1 Å². The molecule has 2 aromatic carbocycles. The minimum absolute atomic E-state index is 0.717. The second kappa shape index (κ2) is 3.67. The molecular weight excluding hydrogens is 182 g/mol. The molecule has 1 N–H and O–H groups in total. The molecule has 0 bridgehead atoms. The lowest BCUT2D eigenvalue weighted by Crippen LogP contribution is -2.07. The van der Waals surface area contributed by atoms with Gasteiger partial charge in [0, 0.05) is 6.54 Å². The van der Waals surface area contributed by atoms with E-state index in [0.717, 1.165) is 19.0 Å². The van der Waals surface area contributed by atoms with Gasteiger partial charge in [-0.25, -0.2) is 0 Å². The Balaban J connectivity index is 2.05. The van der Waals surface area contributed by atoms with Crippen LogP contribution in [0.1, 0.15) is 17.9 Å². The minimum Gasteiger partial charge on any atom is -0.316 e. The monoisotopic (exact) mass is 197 g/mol. The van der Waals surface area contributed by atoms with Gasteiger partial charge in [-0.3, -0.25) is 0 Å². The van der Waals surface area contributed by atoms with Crippen LogP contribution in [0.15, 0.2) is 42.5 Å². The Hall–Kier alpha value is -1.34. The van der Waals surface area contributed by atoms with Crippen molar-refractivity contribution in [2.45, 2.75) is 12.3 Å². The normalized spacial score (nSPS) is 20.9. The summed E-state index contributed by atoms with van der Waals surface area (Å²) in [5, 5.41) is 6.12. The standard InChI is InChI=1S/C14H15N/c1-2-4-12-9-13(6-5-11(12)3-1)14-7-8-15-10-14/h1-6,9,14-15H,7-8,10H2/t14-/m1/s1. The topological polar surface area (TPSA) is 12.0 Å². The predicted molar refractivity (Wildman–Crippen MR) is 64.2 cm³/mol. The van der Waals surface area contributed by atoms with Crippen LogP contribution < -0.4 is 5.32 Å². The van der Waals surface area contributed by atoms with Gasteiger partial charge >= 0.3 is 0 Å². The number of rotatable bonds is 1. The number of nitrogens with one attached hydrogen (secondary N) is 1. The Morgan fingerprint density at radius 2 is 1.87 bits per heavy atom. The quantitative estimate of drug-likeness (QED) is 0.741. The van der Waals surface area contributed by atoms with Gasteiger partial charge in [0.25, 0.3) is 0 Å². The van der Waals surface area contributed by atoms with Crippen LogP contribution in [-0.2, 0) is 0 Å². The molecule has 0 saturated carbocycles. The maximum absolute atomic E-state index is 3.42. The van der Waals surface area contributed by atoms with E-state index in [-0.39, 0.29) is 0 Å². The number of benzene rings is 2. The van der Waals surface area contributed by atoms with Crippen LogP contribution in [0.2, 0.25) is 0 Å². The highest BCUT2D eigenvalue weighted by Gasteiger charge is 2.16. The highest BCUT2D eigenvalue weighted by atomic mass is 14.9. The lowest BCUT2D eigenvalue weighted by Gasteiger charge is -2.09. The van der Waals surface area contributed by atoms with Crippen LogP contribution in [0, 0.1) is 0 Å². The highest BCUT2D eigenvalue weighted by Crippen LogP contribution is 2.25. The average Bonchev–Trinajstić information content (AvgIpc) is 2.82. The molecule has 1 saturated heterocycles. The molecule has 0 amide bonds. The Morgan fingerprint density at radius 1 is 1.00 bits per heavy atom. The van der Waals surface area contributed by atoms with E-state index in [2.05, 4.69) is 47.8 Å². The molecule has 1 nitrogen and oxygen atoms in total. The first-order valence-electron chi connectivity index (χ1n) is 5.63. The van der Waals surface area contributed by atoms with Crippen molar-refractivity contribution in [1.29, 1.82) is 0 Å². The van der Waals surface area contributed by atoms with E-state index in [9.17, 15) is 0 Å². The summed E-state index contributed by atoms with van der Waals surface area (Å²) in [5.74, 6) is 0.717. The van der Waals surface area contributed by atoms with Crippen molar-refractivity contribution in [3.05, 3.63) is 48.0 Å². The molecule has 0 spiro atoms. The summed E-state index contributed by atoms with van der Waals surface area (Å²) >= 11 is 0. The number of hydrogen-bond acceptors (Lipinski definition) is 1. The molecule has 1 heteroatoms. The number of hydrogen-bond donors (Lipinski definition) is 1. The predicted octanol–water partition coefficient (Wildman–Crippen LogP) is 2.92. The van der Waals surface area contributed by atoms with Crippen LogP contribution in [0.25, 0.3) is 10.8 Å². The van der Waals surface area contributed by atoms with Gasteiger partial charge in [-0.15, -0.1) is 0 Å². The smallest absolute Gasteiger partial charge is 0.00206 e. The lowest BCUT2D eigenvalue weighted by molar-refractivity contribution is 0.765. The van der Waals surface area contributed by atoms with Gasteiger partial charge in [-0.2, -0.15) is 0 Å². The van der Waals surface area contributed by atoms with Crippen LogP contribution in [0.3, 0.4) is 0 Å². The van der Waals surface area contributed by atoms with Gasteiger partial charge in [-0.05, 0) is 35.2 Å². The maximum atomic E-state index is 3.42. The van der Waals surface area contributed by atoms with E-state index in [1.54, 1.807) is 0 Å². The zero-order valence-corrected chi connectivity index (χ0v) is 8.74. The van der Waals surface area contributed by atoms with E-state index >= 15 is 0 Å². The molecule has 1 aliphatic heterocycles. The van der Waals surface area contributed by atoms with Gasteiger partial charge in [0.05, 0.1) is 0 Å². The van der Waals surface area contributed by atoms with E-state index in [0.29, 0.717) is 0 Å². The van der Waals surface area contributed by atoms with Crippen molar-refractivity contribution < 1.29 is 0 Å². The zero-order valence-electron chi connectivity index (χ0n) is 8.74. The molecular formula is C14H15N. The summed E-state index contributed by atoms with van der Waals surface area (Å²) in [5.41, 5.74) is 1.48. The Labute approximate surface area is 90.1 Å². The Bertz CT molecular complexity index is 469. The average molecular weight is 197 g/mol. The third-order valence-corrected chi connectivity index (χ3v) is 3.31. The molecule has 0 radical (unpaired) electrons. The summed E-state index contributed by atoms with van der Waals surface area (Å²) in [7, 11) is 0. The molecule has 76 valence electrons. The summed E-state index contributed by atoms with van der Waals surface area (Å²) in [4.78, 5) is 0. The van der Waals surface area contributed by atoms with E-state index in [1.165, 1.54) is 22.8 Å². The molecule has 0 aliphatic carbocycles. The van der Waals surface area contributed by atoms with Crippen LogP contribution >= 0.6 is 0 Å². The second-order valence-electron chi connectivity index (χ2n) is 4.30. The second-order valence-corrected chi connectivity index (χ2v) is 4.30. The van der Waals surface area contributed by atoms with Crippen LogP contribution in [0.4, 0.5) is 0 Å². The zero-order chi connectivity index (χ0) is 10.1. The van der Waals surface area contributed by atoms with Crippen molar-refractivity contribution in [2.24, 2.45) is 0 Å². The first kappa shape index (κ1) is 8.93. The van der Waals surface area contributed by atoms with E-state index in [1.807, 2.05) is 0 Å². The van der Waals surface area contributed by atoms with Gasteiger partial charge in [0.1, 0.15) is 0 Å². The van der Waals surface area contributed by atoms with Crippen LogP contribution in [0.5, 0.6) is 0 Å². The number of fused-ring (bicyclic) bond motifs is 1. The Morgan fingerprint density at radius 3 is 2.67 bits per heavy atom. The summed E-state index contributed by atoms with van der Waals surface area (Å²) in [6, 6.07) is 15.4. The van der Waals surface area contributed by atoms with Crippen molar-refractivity contribution in [3.63, 3.8) is 0 Å². The van der Waals surface area contributed by atoms with Gasteiger partial charge in [-0.1, -0.05) is 42.5 Å². The fourth-order valence-electron chi connectivity index (χ4n) is 2.40. The molecule has 1 fully saturated rings. The third-order valence-electron chi connectivity index (χ3n) is 3.31. The first-order chi connectivity index (χ1) is 7.43. The molecule has 1 atom stereocenters. The van der Waals surface area contributed by atoms with Crippen molar-refractivity contribution in [1.82, 2.24) is 5.32 Å². The van der Waals surface area contributed by atoms with Gasteiger partial charge in [0.2, 0.25) is 0 Å². The molecule has 15 heavy (non-hydrogen) atoms. The Kier molecular flexibility index (Phi) is 2.18. The summed E-state index contributed by atoms with van der Waals surface area (Å²) in [6.07, 6.45) is 1.28. The fraction of sp³-hybridized carbons (Fsp3) is 0.286. The molecule has 2 aromatic rings. The maximum Gasteiger partial charge on any atom is 0.00206 e. The molecule has 3 rings (SSSR count). The first-order valence-corrected chi connectivity index (χ1v) is 5.63. The van der Waals surface area contributed by atoms with E-state index < -0.39 is 0 Å². The van der Waals surface area contributed by atoms with Gasteiger partial charge < -0.3 is 5.32 Å². The minimum atomic E-state index is 0.717. The van der Waals surface area contributed by atoms with Crippen molar-refractivity contribution in [3.8, 4) is 0 Å². The molecule has 0 unspecified atom stereocenters. The van der Waals surface area contributed by atoms with Gasteiger partial charge in [0.15, 0.2) is 0 Å². The molecule has 0 aromatic heterocycles. The van der Waals surface area contributed by atoms with Crippen molar-refractivity contribution >= 4 is 10.8 Å².